The lowest BCUT2D eigenvalue weighted by Crippen LogP contribution is -1.62. The lowest BCUT2D eigenvalue weighted by Gasteiger charge is -1.84. The zero-order chi connectivity index (χ0) is 14.6. The predicted molar refractivity (Wildman–Crippen MR) is 84.2 cm³/mol. The highest BCUT2D eigenvalue weighted by molar-refractivity contribution is 5.20. The van der Waals surface area contributed by atoms with Crippen LogP contribution in [0.25, 0.3) is 0 Å². The largest absolute Gasteiger partial charge is 0.0961 e. The Morgan fingerprint density at radius 2 is 0.688 bits per heavy atom. The molecule has 0 saturated heterocycles. The summed E-state index contributed by atoms with van der Waals surface area (Å²) >= 11 is 0. The predicted octanol–water partition coefficient (Wildman–Crippen LogP) is 6.80. The first-order chi connectivity index (χ1) is 7.63. The molecule has 0 fully saturated rings. The molecule has 0 atom stereocenters. The van der Waals surface area contributed by atoms with Crippen LogP contribution in [0.1, 0.15) is 69.2 Å². The molecule has 0 heterocycles. The van der Waals surface area contributed by atoms with Gasteiger partial charge < -0.3 is 0 Å². The van der Waals surface area contributed by atoms with Gasteiger partial charge in [0.25, 0.3) is 0 Å². The zero-order valence-corrected chi connectivity index (χ0v) is 13.6. The summed E-state index contributed by atoms with van der Waals surface area (Å²) in [5.41, 5.74) is 2.13. The molecule has 0 aromatic heterocycles. The van der Waals surface area contributed by atoms with Crippen LogP contribution in [0.3, 0.4) is 0 Å². The molecule has 0 aromatic carbocycles. The molecule has 16 heavy (non-hydrogen) atoms. The molecular formula is C16H36. The van der Waals surface area contributed by atoms with Crippen molar-refractivity contribution in [3.8, 4) is 0 Å². The molecule has 0 heteroatoms. The number of rotatable bonds is 2. The number of hydrogen-bond donors (Lipinski definition) is 0. The van der Waals surface area contributed by atoms with E-state index in [1.165, 1.54) is 0 Å². The minimum Gasteiger partial charge on any atom is -0.0961 e. The van der Waals surface area contributed by atoms with Crippen molar-refractivity contribution in [1.29, 1.82) is 0 Å². The molecule has 0 saturated carbocycles. The van der Waals surface area contributed by atoms with E-state index in [1.54, 1.807) is 0 Å². The Hall–Kier alpha value is -0.780. The summed E-state index contributed by atoms with van der Waals surface area (Å²) in [4.78, 5) is 0. The number of hydrogen-bond acceptors (Lipinski definition) is 0. The maximum absolute atomic E-state index is 3.70. The first-order valence-corrected chi connectivity index (χ1v) is 6.62. The topological polar surface area (TPSA) is 0 Å². The fourth-order valence-electron chi connectivity index (χ4n) is 0.285. The van der Waals surface area contributed by atoms with Gasteiger partial charge in [0.05, 0.1) is 0 Å². The molecule has 0 aliphatic carbocycles. The van der Waals surface area contributed by atoms with Gasteiger partial charge >= 0.3 is 0 Å². The molecule has 0 unspecified atom stereocenters. The minimum atomic E-state index is 1.06. The van der Waals surface area contributed by atoms with Gasteiger partial charge in [-0.3, -0.25) is 0 Å². The van der Waals surface area contributed by atoms with E-state index in [-0.39, 0.29) is 0 Å². The quantitative estimate of drug-likeness (QED) is 0.456. The van der Waals surface area contributed by atoms with Crippen LogP contribution in [0, 0.1) is 0 Å². The molecule has 0 rings (SSSR count). The zero-order valence-electron chi connectivity index (χ0n) is 13.6. The Morgan fingerprint density at radius 1 is 0.562 bits per heavy atom. The normalized spacial score (nSPS) is 6.38. The van der Waals surface area contributed by atoms with Crippen LogP contribution in [0.2, 0.25) is 0 Å². The monoisotopic (exact) mass is 228 g/mol. The van der Waals surface area contributed by atoms with Crippen molar-refractivity contribution in [2.24, 2.45) is 0 Å². The van der Waals surface area contributed by atoms with Gasteiger partial charge in [-0.15, -0.1) is 0 Å². The van der Waals surface area contributed by atoms with Gasteiger partial charge in [0, 0.05) is 0 Å². The van der Waals surface area contributed by atoms with E-state index in [0.29, 0.717) is 0 Å². The average molecular weight is 228 g/mol. The minimum absolute atomic E-state index is 1.06. The maximum Gasteiger partial charge on any atom is -0.0404 e. The molecule has 0 spiro atoms. The summed E-state index contributed by atoms with van der Waals surface area (Å²) in [6.07, 6.45) is 3.89. The second kappa shape index (κ2) is 47.7. The Bertz CT molecular complexity index is 111. The smallest absolute Gasteiger partial charge is 0.0404 e. The molecule has 0 N–H and O–H groups in total. The van der Waals surface area contributed by atoms with Gasteiger partial charge in [0.15, 0.2) is 0 Å². The van der Waals surface area contributed by atoms with Crippen LogP contribution in [0.15, 0.2) is 36.5 Å². The van der Waals surface area contributed by atoms with Crippen LogP contribution in [0.4, 0.5) is 0 Å². The van der Waals surface area contributed by atoms with Crippen LogP contribution in [-0.4, -0.2) is 0 Å². The van der Waals surface area contributed by atoms with Gasteiger partial charge in [-0.25, -0.2) is 0 Å². The standard InChI is InChI=1S/C8H12.4C2H6/c1-7(2)5-6-8(3)4;4*1-2/h5-6H,1,3H2,2,4H3;4*1-2H3/b6-5-;;;;. The van der Waals surface area contributed by atoms with E-state index in [9.17, 15) is 0 Å². The van der Waals surface area contributed by atoms with Crippen LogP contribution in [0.5, 0.6) is 0 Å². The van der Waals surface area contributed by atoms with Crippen LogP contribution in [-0.2, 0) is 0 Å². The van der Waals surface area contributed by atoms with Crippen molar-refractivity contribution < 1.29 is 0 Å². The first-order valence-electron chi connectivity index (χ1n) is 6.62. The summed E-state index contributed by atoms with van der Waals surface area (Å²) in [5, 5.41) is 0. The summed E-state index contributed by atoms with van der Waals surface area (Å²) < 4.78 is 0. The van der Waals surface area contributed by atoms with E-state index in [4.69, 9.17) is 0 Å². The third-order valence-electron chi connectivity index (χ3n) is 0.652. The molecule has 0 aliphatic heterocycles. The summed E-state index contributed by atoms with van der Waals surface area (Å²) in [7, 11) is 0. The van der Waals surface area contributed by atoms with E-state index in [1.807, 2.05) is 81.4 Å². The molecule has 0 amide bonds. The Morgan fingerprint density at radius 3 is 0.750 bits per heavy atom. The highest BCUT2D eigenvalue weighted by atomic mass is 13.8. The van der Waals surface area contributed by atoms with E-state index >= 15 is 0 Å². The lowest BCUT2D eigenvalue weighted by molar-refractivity contribution is 1.50. The van der Waals surface area contributed by atoms with Gasteiger partial charge in [-0.1, -0.05) is 91.8 Å². The molecule has 0 aliphatic rings. The molecular weight excluding hydrogens is 192 g/mol. The van der Waals surface area contributed by atoms with Crippen molar-refractivity contribution in [2.45, 2.75) is 69.2 Å². The van der Waals surface area contributed by atoms with Gasteiger partial charge in [0.1, 0.15) is 0 Å². The summed E-state index contributed by atoms with van der Waals surface area (Å²) in [6, 6.07) is 0. The SMILES string of the molecule is C=C(C)/C=C\C(=C)C.CC.CC.CC.CC. The third kappa shape index (κ3) is 111. The third-order valence-corrected chi connectivity index (χ3v) is 0.652. The summed E-state index contributed by atoms with van der Waals surface area (Å²) in [6.45, 7) is 27.3. The fraction of sp³-hybridized carbons (Fsp3) is 0.625. The van der Waals surface area contributed by atoms with Crippen molar-refractivity contribution in [1.82, 2.24) is 0 Å². The van der Waals surface area contributed by atoms with E-state index < -0.39 is 0 Å². The Kier molecular flexibility index (Phi) is 87.8. The fourth-order valence-corrected chi connectivity index (χ4v) is 0.285. The van der Waals surface area contributed by atoms with E-state index in [2.05, 4.69) is 13.2 Å². The van der Waals surface area contributed by atoms with Crippen molar-refractivity contribution in [2.75, 3.05) is 0 Å². The average Bonchev–Trinajstić information content (AvgIpc) is 2.36. The molecule has 100 valence electrons. The molecule has 0 bridgehead atoms. The van der Waals surface area contributed by atoms with Gasteiger partial charge in [-0.05, 0) is 13.8 Å². The maximum atomic E-state index is 3.70. The van der Waals surface area contributed by atoms with Gasteiger partial charge in [0.2, 0.25) is 0 Å². The number of allylic oxidation sites excluding steroid dienone is 4. The van der Waals surface area contributed by atoms with Crippen molar-refractivity contribution in [3.05, 3.63) is 36.5 Å². The van der Waals surface area contributed by atoms with Crippen LogP contribution >= 0.6 is 0 Å². The second-order valence-corrected chi connectivity index (χ2v) is 2.03. The van der Waals surface area contributed by atoms with Crippen molar-refractivity contribution >= 4 is 0 Å². The van der Waals surface area contributed by atoms with Gasteiger partial charge in [-0.2, -0.15) is 0 Å². The molecule has 0 radical (unpaired) electrons. The lowest BCUT2D eigenvalue weighted by atomic mass is 10.2. The molecule has 0 aromatic rings. The van der Waals surface area contributed by atoms with E-state index in [0.717, 1.165) is 11.1 Å². The highest BCUT2D eigenvalue weighted by Gasteiger charge is 1.72. The highest BCUT2D eigenvalue weighted by Crippen LogP contribution is 1.94. The summed E-state index contributed by atoms with van der Waals surface area (Å²) in [5.74, 6) is 0. The second-order valence-electron chi connectivity index (χ2n) is 2.03. The van der Waals surface area contributed by atoms with Crippen molar-refractivity contribution in [3.63, 3.8) is 0 Å². The Balaban J connectivity index is -0.0000000426. The Labute approximate surface area is 106 Å². The molecule has 0 nitrogen and oxygen atoms in total. The van der Waals surface area contributed by atoms with Crippen LogP contribution < -0.4 is 0 Å². The first kappa shape index (κ1) is 29.5.